The average Bonchev–Trinajstić information content (AvgIpc) is 2.67. The zero-order valence-electron chi connectivity index (χ0n) is 11.7. The highest BCUT2D eigenvalue weighted by atomic mass is 32.2. The number of carboxylic acids is 1. The van der Waals surface area contributed by atoms with Gasteiger partial charge >= 0.3 is 12.1 Å². The van der Waals surface area contributed by atoms with Crippen LogP contribution in [-0.2, 0) is 16.6 Å². The van der Waals surface area contributed by atoms with Crippen LogP contribution in [0.5, 0.6) is 0 Å². The van der Waals surface area contributed by atoms with E-state index in [4.69, 9.17) is 9.84 Å². The van der Waals surface area contributed by atoms with E-state index in [-0.39, 0.29) is 5.75 Å². The first kappa shape index (κ1) is 16.2. The molecule has 0 saturated heterocycles. The Labute approximate surface area is 120 Å². The van der Waals surface area contributed by atoms with Crippen molar-refractivity contribution in [3.63, 3.8) is 0 Å². The van der Waals surface area contributed by atoms with Crippen LogP contribution in [0.15, 0.2) is 5.16 Å². The van der Waals surface area contributed by atoms with Crippen LogP contribution in [0.3, 0.4) is 0 Å². The second-order valence-electron chi connectivity index (χ2n) is 4.93. The summed E-state index contributed by atoms with van der Waals surface area (Å²) in [7, 11) is 1.64. The lowest BCUT2D eigenvalue weighted by molar-refractivity contribution is -0.138. The van der Waals surface area contributed by atoms with Crippen molar-refractivity contribution in [2.45, 2.75) is 37.6 Å². The summed E-state index contributed by atoms with van der Waals surface area (Å²) in [6, 6.07) is -1.09. The van der Waals surface area contributed by atoms with E-state index in [0.717, 1.165) is 11.8 Å². The smallest absolute Gasteiger partial charge is 0.408 e. The van der Waals surface area contributed by atoms with Crippen LogP contribution >= 0.6 is 11.8 Å². The fourth-order valence-corrected chi connectivity index (χ4v) is 1.99. The molecular formula is C10H17N5O4S. The monoisotopic (exact) mass is 303 g/mol. The summed E-state index contributed by atoms with van der Waals surface area (Å²) in [4.78, 5) is 22.7. The first-order valence-corrected chi connectivity index (χ1v) is 6.75. The highest BCUT2D eigenvalue weighted by molar-refractivity contribution is 7.99. The van der Waals surface area contributed by atoms with Gasteiger partial charge in [-0.2, -0.15) is 0 Å². The zero-order valence-corrected chi connectivity index (χ0v) is 12.5. The largest absolute Gasteiger partial charge is 0.480 e. The highest BCUT2D eigenvalue weighted by Gasteiger charge is 2.24. The molecule has 0 saturated carbocycles. The maximum atomic E-state index is 11.6. The minimum atomic E-state index is -1.15. The number of carboxylic acid groups (broad SMARTS) is 1. The fourth-order valence-electron chi connectivity index (χ4n) is 1.13. The Morgan fingerprint density at radius 1 is 1.50 bits per heavy atom. The van der Waals surface area contributed by atoms with E-state index in [2.05, 4.69) is 20.8 Å². The molecule has 10 heteroatoms. The average molecular weight is 303 g/mol. The van der Waals surface area contributed by atoms with Gasteiger partial charge in [-0.05, 0) is 31.2 Å². The Bertz CT molecular complexity index is 484. The third-order valence-corrected chi connectivity index (χ3v) is 3.05. The van der Waals surface area contributed by atoms with Crippen molar-refractivity contribution in [3.05, 3.63) is 0 Å². The van der Waals surface area contributed by atoms with Gasteiger partial charge in [0.05, 0.1) is 0 Å². The summed E-state index contributed by atoms with van der Waals surface area (Å²) in [6.45, 7) is 5.09. The van der Waals surface area contributed by atoms with Crippen molar-refractivity contribution in [1.82, 2.24) is 25.5 Å². The van der Waals surface area contributed by atoms with Crippen LogP contribution in [-0.4, -0.2) is 54.8 Å². The molecule has 1 rings (SSSR count). The van der Waals surface area contributed by atoms with Crippen LogP contribution in [0.4, 0.5) is 4.79 Å². The number of hydrogen-bond acceptors (Lipinski definition) is 7. The summed E-state index contributed by atoms with van der Waals surface area (Å²) in [6.07, 6.45) is -0.776. The predicted molar refractivity (Wildman–Crippen MR) is 70.3 cm³/mol. The zero-order chi connectivity index (χ0) is 15.3. The first-order valence-electron chi connectivity index (χ1n) is 5.76. The topological polar surface area (TPSA) is 119 Å². The molecular weight excluding hydrogens is 286 g/mol. The Morgan fingerprint density at radius 3 is 2.60 bits per heavy atom. The van der Waals surface area contributed by atoms with Crippen LogP contribution in [0.1, 0.15) is 20.8 Å². The van der Waals surface area contributed by atoms with Crippen molar-refractivity contribution in [2.24, 2.45) is 7.05 Å². The standard InChI is InChI=1S/C10H17N5O4S/c1-10(2,3)19-9(18)11-6(7(16)17)5-20-8-12-13-14-15(8)4/h6H,5H2,1-4H3,(H,11,18)(H,16,17). The van der Waals surface area contributed by atoms with Gasteiger partial charge in [0.1, 0.15) is 11.6 Å². The molecule has 1 aromatic heterocycles. The van der Waals surface area contributed by atoms with Gasteiger partial charge in [0.15, 0.2) is 0 Å². The molecule has 0 aromatic carbocycles. The molecule has 0 spiro atoms. The molecule has 0 aliphatic rings. The SMILES string of the molecule is Cn1nnnc1SCC(NC(=O)OC(C)(C)C)C(=O)O. The maximum absolute atomic E-state index is 11.6. The molecule has 2 N–H and O–H groups in total. The Morgan fingerprint density at radius 2 is 2.15 bits per heavy atom. The van der Waals surface area contributed by atoms with Gasteiger partial charge in [-0.15, -0.1) is 5.10 Å². The number of tetrazole rings is 1. The van der Waals surface area contributed by atoms with E-state index >= 15 is 0 Å². The van der Waals surface area contributed by atoms with Gasteiger partial charge in [0.25, 0.3) is 0 Å². The summed E-state index contributed by atoms with van der Waals surface area (Å²) in [5.41, 5.74) is -0.687. The summed E-state index contributed by atoms with van der Waals surface area (Å²) in [5, 5.41) is 22.6. The number of amides is 1. The molecule has 112 valence electrons. The molecule has 0 bridgehead atoms. The molecule has 0 aliphatic carbocycles. The van der Waals surface area contributed by atoms with Crippen molar-refractivity contribution in [3.8, 4) is 0 Å². The number of carbonyl (C=O) groups excluding carboxylic acids is 1. The van der Waals surface area contributed by atoms with E-state index < -0.39 is 23.7 Å². The lowest BCUT2D eigenvalue weighted by Crippen LogP contribution is -2.44. The summed E-state index contributed by atoms with van der Waals surface area (Å²) < 4.78 is 6.42. The fraction of sp³-hybridized carbons (Fsp3) is 0.700. The molecule has 1 aromatic rings. The molecule has 0 radical (unpaired) electrons. The minimum Gasteiger partial charge on any atom is -0.480 e. The number of thioether (sulfide) groups is 1. The van der Waals surface area contributed by atoms with Crippen molar-refractivity contribution in [1.29, 1.82) is 0 Å². The number of aryl methyl sites for hydroxylation is 1. The first-order chi connectivity index (χ1) is 9.19. The van der Waals surface area contributed by atoms with Crippen LogP contribution < -0.4 is 5.32 Å². The molecule has 1 heterocycles. The van der Waals surface area contributed by atoms with E-state index in [0.29, 0.717) is 5.16 Å². The van der Waals surface area contributed by atoms with Crippen molar-refractivity contribution >= 4 is 23.8 Å². The predicted octanol–water partition coefficient (Wildman–Crippen LogP) is 0.280. The number of rotatable bonds is 5. The second kappa shape index (κ2) is 6.55. The van der Waals surface area contributed by atoms with Gasteiger partial charge in [0, 0.05) is 12.8 Å². The van der Waals surface area contributed by atoms with Crippen LogP contribution in [0.2, 0.25) is 0 Å². The van der Waals surface area contributed by atoms with Crippen molar-refractivity contribution < 1.29 is 19.4 Å². The third-order valence-electron chi connectivity index (χ3n) is 1.95. The molecule has 20 heavy (non-hydrogen) atoms. The van der Waals surface area contributed by atoms with Gasteiger partial charge < -0.3 is 15.2 Å². The Kier molecular flexibility index (Phi) is 5.31. The number of carbonyl (C=O) groups is 2. The Hall–Kier alpha value is -1.84. The quantitative estimate of drug-likeness (QED) is 0.744. The van der Waals surface area contributed by atoms with Crippen LogP contribution in [0, 0.1) is 0 Å². The lowest BCUT2D eigenvalue weighted by atomic mass is 10.2. The number of alkyl carbamates (subject to hydrolysis) is 1. The maximum Gasteiger partial charge on any atom is 0.408 e. The summed E-state index contributed by atoms with van der Waals surface area (Å²) in [5.74, 6) is -1.07. The summed E-state index contributed by atoms with van der Waals surface area (Å²) >= 11 is 1.13. The number of aromatic nitrogens is 4. The second-order valence-corrected chi connectivity index (χ2v) is 5.92. The Balaban J connectivity index is 2.55. The number of aliphatic carboxylic acids is 1. The minimum absolute atomic E-state index is 0.0861. The van der Waals surface area contributed by atoms with Crippen molar-refractivity contribution in [2.75, 3.05) is 5.75 Å². The number of ether oxygens (including phenoxy) is 1. The molecule has 9 nitrogen and oxygen atoms in total. The van der Waals surface area contributed by atoms with E-state index in [1.165, 1.54) is 4.68 Å². The van der Waals surface area contributed by atoms with E-state index in [1.807, 2.05) is 0 Å². The van der Waals surface area contributed by atoms with Gasteiger partial charge in [-0.3, -0.25) is 0 Å². The normalized spacial score (nSPS) is 12.8. The lowest BCUT2D eigenvalue weighted by Gasteiger charge is -2.21. The number of hydrogen-bond donors (Lipinski definition) is 2. The van der Waals surface area contributed by atoms with Gasteiger partial charge in [0.2, 0.25) is 5.16 Å². The highest BCUT2D eigenvalue weighted by Crippen LogP contribution is 2.14. The van der Waals surface area contributed by atoms with E-state index in [1.54, 1.807) is 27.8 Å². The molecule has 0 fully saturated rings. The van der Waals surface area contributed by atoms with Gasteiger partial charge in [-0.25, -0.2) is 14.3 Å². The third kappa shape index (κ3) is 5.43. The molecule has 0 aliphatic heterocycles. The molecule has 1 amide bonds. The van der Waals surface area contributed by atoms with E-state index in [9.17, 15) is 9.59 Å². The van der Waals surface area contributed by atoms with Gasteiger partial charge in [-0.1, -0.05) is 11.8 Å². The number of nitrogens with one attached hydrogen (secondary N) is 1. The molecule has 1 atom stereocenters. The van der Waals surface area contributed by atoms with Crippen LogP contribution in [0.25, 0.3) is 0 Å². The molecule has 1 unspecified atom stereocenters. The number of nitrogens with zero attached hydrogens (tertiary/aromatic N) is 4.